The van der Waals surface area contributed by atoms with E-state index in [9.17, 15) is 0 Å². The minimum Gasteiger partial charge on any atom is -0.379 e. The third-order valence-electron chi connectivity index (χ3n) is 2.37. The highest BCUT2D eigenvalue weighted by atomic mass is 79.9. The Bertz CT molecular complexity index is 339. The molecule has 15 heavy (non-hydrogen) atoms. The summed E-state index contributed by atoms with van der Waals surface area (Å²) >= 11 is 3.43. The number of ether oxygens (including phenoxy) is 1. The molecule has 1 fully saturated rings. The van der Waals surface area contributed by atoms with Gasteiger partial charge in [0.15, 0.2) is 0 Å². The number of nitrogens with zero attached hydrogens (tertiary/aromatic N) is 2. The van der Waals surface area contributed by atoms with Gasteiger partial charge in [0.1, 0.15) is 11.6 Å². The fourth-order valence-electron chi connectivity index (χ4n) is 1.60. The summed E-state index contributed by atoms with van der Waals surface area (Å²) in [4.78, 5) is 8.45. The molecule has 1 aliphatic heterocycles. The van der Waals surface area contributed by atoms with Crippen LogP contribution in [0.1, 0.15) is 18.7 Å². The highest BCUT2D eigenvalue weighted by Crippen LogP contribution is 2.21. The second-order valence-corrected chi connectivity index (χ2v) is 4.53. The number of hydrogen-bond acceptors (Lipinski definition) is 4. The van der Waals surface area contributed by atoms with Gasteiger partial charge in [-0.2, -0.15) is 0 Å². The van der Waals surface area contributed by atoms with Gasteiger partial charge in [-0.3, -0.25) is 0 Å². The van der Waals surface area contributed by atoms with Crippen LogP contribution in [0, 0.1) is 6.92 Å². The van der Waals surface area contributed by atoms with Crippen LogP contribution in [0.4, 0.5) is 5.82 Å². The second-order valence-electron chi connectivity index (χ2n) is 3.67. The van der Waals surface area contributed by atoms with Gasteiger partial charge in [0.25, 0.3) is 0 Å². The Morgan fingerprint density at radius 2 is 2.47 bits per heavy atom. The lowest BCUT2D eigenvalue weighted by atomic mass is 10.1. The highest BCUT2D eigenvalue weighted by molar-refractivity contribution is 9.10. The molecule has 0 radical (unpaired) electrons. The van der Waals surface area contributed by atoms with Gasteiger partial charge in [-0.1, -0.05) is 0 Å². The molecular formula is C10H14BrN3O. The lowest BCUT2D eigenvalue weighted by Crippen LogP contribution is -2.30. The molecule has 5 heteroatoms. The van der Waals surface area contributed by atoms with E-state index < -0.39 is 0 Å². The van der Waals surface area contributed by atoms with E-state index in [1.807, 2.05) is 6.92 Å². The third-order valence-corrected chi connectivity index (χ3v) is 2.95. The predicted molar refractivity (Wildman–Crippen MR) is 61.9 cm³/mol. The summed E-state index contributed by atoms with van der Waals surface area (Å²) in [6, 6.07) is 0.365. The van der Waals surface area contributed by atoms with Gasteiger partial charge < -0.3 is 10.1 Å². The van der Waals surface area contributed by atoms with E-state index in [0.29, 0.717) is 6.04 Å². The van der Waals surface area contributed by atoms with Crippen LogP contribution in [-0.4, -0.2) is 29.2 Å². The van der Waals surface area contributed by atoms with E-state index in [1.165, 1.54) is 0 Å². The minimum atomic E-state index is 0.365. The van der Waals surface area contributed by atoms with E-state index in [1.54, 1.807) is 6.20 Å². The topological polar surface area (TPSA) is 47.0 Å². The molecule has 1 N–H and O–H groups in total. The van der Waals surface area contributed by atoms with Crippen molar-refractivity contribution in [1.29, 1.82) is 0 Å². The van der Waals surface area contributed by atoms with Gasteiger partial charge in [-0.05, 0) is 35.7 Å². The smallest absolute Gasteiger partial charge is 0.144 e. The maximum atomic E-state index is 5.40. The fourth-order valence-corrected chi connectivity index (χ4v) is 1.91. The molecule has 82 valence electrons. The quantitative estimate of drug-likeness (QED) is 0.896. The summed E-state index contributed by atoms with van der Waals surface area (Å²) in [7, 11) is 0. The SMILES string of the molecule is Cc1ncc(Br)c(NC2CCCOC2)n1. The van der Waals surface area contributed by atoms with Crippen molar-refractivity contribution >= 4 is 21.7 Å². The number of anilines is 1. The Labute approximate surface area is 97.6 Å². The molecule has 0 spiro atoms. The average molecular weight is 272 g/mol. The summed E-state index contributed by atoms with van der Waals surface area (Å²) in [5.41, 5.74) is 0. The largest absolute Gasteiger partial charge is 0.379 e. The molecule has 0 bridgehead atoms. The van der Waals surface area contributed by atoms with E-state index >= 15 is 0 Å². The fraction of sp³-hybridized carbons (Fsp3) is 0.600. The number of rotatable bonds is 2. The van der Waals surface area contributed by atoms with Crippen molar-refractivity contribution < 1.29 is 4.74 Å². The van der Waals surface area contributed by atoms with Crippen molar-refractivity contribution in [2.45, 2.75) is 25.8 Å². The van der Waals surface area contributed by atoms with Crippen LogP contribution in [0.15, 0.2) is 10.7 Å². The second kappa shape index (κ2) is 4.90. The molecule has 4 nitrogen and oxygen atoms in total. The zero-order valence-electron chi connectivity index (χ0n) is 8.66. The summed E-state index contributed by atoms with van der Waals surface area (Å²) in [5, 5.41) is 3.37. The number of aryl methyl sites for hydroxylation is 1. The summed E-state index contributed by atoms with van der Waals surface area (Å²) in [6.07, 6.45) is 4.02. The Balaban J connectivity index is 2.05. The zero-order chi connectivity index (χ0) is 10.7. The molecule has 0 saturated carbocycles. The molecule has 0 amide bonds. The van der Waals surface area contributed by atoms with Crippen LogP contribution in [0.3, 0.4) is 0 Å². The van der Waals surface area contributed by atoms with Crippen LogP contribution >= 0.6 is 15.9 Å². The number of nitrogens with one attached hydrogen (secondary N) is 1. The molecular weight excluding hydrogens is 258 g/mol. The maximum Gasteiger partial charge on any atom is 0.144 e. The van der Waals surface area contributed by atoms with Gasteiger partial charge in [-0.25, -0.2) is 9.97 Å². The Morgan fingerprint density at radius 1 is 1.60 bits per heavy atom. The molecule has 0 aromatic carbocycles. The molecule has 2 heterocycles. The van der Waals surface area contributed by atoms with Crippen molar-refractivity contribution in [1.82, 2.24) is 9.97 Å². The van der Waals surface area contributed by atoms with E-state index in [-0.39, 0.29) is 0 Å². The molecule has 1 aliphatic rings. The predicted octanol–water partition coefficient (Wildman–Crippen LogP) is 2.14. The Kier molecular flexibility index (Phi) is 3.53. The monoisotopic (exact) mass is 271 g/mol. The van der Waals surface area contributed by atoms with Crippen LogP contribution in [0.25, 0.3) is 0 Å². The molecule has 1 atom stereocenters. The van der Waals surface area contributed by atoms with Crippen molar-refractivity contribution in [3.63, 3.8) is 0 Å². The lowest BCUT2D eigenvalue weighted by Gasteiger charge is -2.24. The van der Waals surface area contributed by atoms with E-state index in [4.69, 9.17) is 4.74 Å². The molecule has 1 saturated heterocycles. The lowest BCUT2D eigenvalue weighted by molar-refractivity contribution is 0.0875. The van der Waals surface area contributed by atoms with Crippen molar-refractivity contribution in [2.24, 2.45) is 0 Å². The summed E-state index contributed by atoms with van der Waals surface area (Å²) in [5.74, 6) is 1.63. The number of hydrogen-bond donors (Lipinski definition) is 1. The van der Waals surface area contributed by atoms with Crippen LogP contribution < -0.4 is 5.32 Å². The zero-order valence-corrected chi connectivity index (χ0v) is 10.2. The molecule has 0 aliphatic carbocycles. The van der Waals surface area contributed by atoms with Crippen molar-refractivity contribution in [3.05, 3.63) is 16.5 Å². The van der Waals surface area contributed by atoms with E-state index in [2.05, 4.69) is 31.2 Å². The first-order valence-electron chi connectivity index (χ1n) is 5.09. The van der Waals surface area contributed by atoms with Gasteiger partial charge in [0.05, 0.1) is 17.1 Å². The minimum absolute atomic E-state index is 0.365. The van der Waals surface area contributed by atoms with Gasteiger partial charge in [-0.15, -0.1) is 0 Å². The summed E-state index contributed by atoms with van der Waals surface area (Å²) < 4.78 is 6.30. The molecule has 2 rings (SSSR count). The standard InChI is InChI=1S/C10H14BrN3O/c1-7-12-5-9(11)10(13-7)14-8-3-2-4-15-6-8/h5,8H,2-4,6H2,1H3,(H,12,13,14). The first kappa shape index (κ1) is 10.8. The van der Waals surface area contributed by atoms with Gasteiger partial charge in [0.2, 0.25) is 0 Å². The molecule has 1 aromatic heterocycles. The van der Waals surface area contributed by atoms with Crippen molar-refractivity contribution in [3.8, 4) is 0 Å². The first-order valence-corrected chi connectivity index (χ1v) is 5.88. The summed E-state index contributed by atoms with van der Waals surface area (Å²) in [6.45, 7) is 3.52. The van der Waals surface area contributed by atoms with E-state index in [0.717, 1.165) is 42.2 Å². The Morgan fingerprint density at radius 3 is 3.20 bits per heavy atom. The number of halogens is 1. The first-order chi connectivity index (χ1) is 7.25. The van der Waals surface area contributed by atoms with Crippen molar-refractivity contribution in [2.75, 3.05) is 18.5 Å². The van der Waals surface area contributed by atoms with Gasteiger partial charge in [0, 0.05) is 12.8 Å². The molecule has 1 unspecified atom stereocenters. The van der Waals surface area contributed by atoms with Crippen LogP contribution in [-0.2, 0) is 4.74 Å². The number of aromatic nitrogens is 2. The molecule has 1 aromatic rings. The van der Waals surface area contributed by atoms with Crippen LogP contribution in [0.2, 0.25) is 0 Å². The van der Waals surface area contributed by atoms with Gasteiger partial charge >= 0.3 is 0 Å². The normalized spacial score (nSPS) is 21.3. The highest BCUT2D eigenvalue weighted by Gasteiger charge is 2.15. The average Bonchev–Trinajstić information content (AvgIpc) is 2.25. The Hall–Kier alpha value is -0.680. The maximum absolute atomic E-state index is 5.40. The third kappa shape index (κ3) is 2.89. The van der Waals surface area contributed by atoms with Crippen LogP contribution in [0.5, 0.6) is 0 Å².